The summed E-state index contributed by atoms with van der Waals surface area (Å²) in [5, 5.41) is 12.2. The largest absolute Gasteiger partial charge is 0.478 e. The first-order valence-corrected chi connectivity index (χ1v) is 12.9. The number of alkyl halides is 3. The first-order valence-electron chi connectivity index (χ1n) is 12.0. The van der Waals surface area contributed by atoms with E-state index >= 15 is 0 Å². The zero-order valence-corrected chi connectivity index (χ0v) is 22.1. The van der Waals surface area contributed by atoms with Gasteiger partial charge in [-0.05, 0) is 42.0 Å². The molecule has 6 nitrogen and oxygen atoms in total. The first-order chi connectivity index (χ1) is 20.3. The lowest BCUT2D eigenvalue weighted by molar-refractivity contribution is -0.143. The van der Waals surface area contributed by atoms with Gasteiger partial charge in [-0.15, -0.1) is 11.8 Å². The molecule has 0 heterocycles. The van der Waals surface area contributed by atoms with Crippen LogP contribution in [-0.4, -0.2) is 22.9 Å². The van der Waals surface area contributed by atoms with Crippen LogP contribution in [0.2, 0.25) is 0 Å². The number of thioether (sulfide) groups is 1. The van der Waals surface area contributed by atoms with Crippen LogP contribution in [0.15, 0.2) is 83.8 Å². The van der Waals surface area contributed by atoms with Gasteiger partial charge in [0.2, 0.25) is 5.91 Å². The van der Waals surface area contributed by atoms with Gasteiger partial charge in [0.15, 0.2) is 23.3 Å². The van der Waals surface area contributed by atoms with Crippen molar-refractivity contribution in [2.45, 2.75) is 16.3 Å². The maximum absolute atomic E-state index is 14.5. The molecule has 0 fully saturated rings. The quantitative estimate of drug-likeness (QED) is 0.106. The highest BCUT2D eigenvalue weighted by Gasteiger charge is 2.42. The lowest BCUT2D eigenvalue weighted by Gasteiger charge is -2.19. The summed E-state index contributed by atoms with van der Waals surface area (Å²) in [7, 11) is 0. The summed E-state index contributed by atoms with van der Waals surface area (Å²) in [4.78, 5) is 37.5. The first kappa shape index (κ1) is 31.1. The fourth-order valence-corrected chi connectivity index (χ4v) is 4.92. The number of hydrogen-bond donors (Lipinski definition) is 3. The maximum atomic E-state index is 14.5. The second kappa shape index (κ2) is 12.6. The monoisotopic (exact) mass is 622 g/mol. The number of carboxylic acids is 1. The van der Waals surface area contributed by atoms with E-state index in [9.17, 15) is 50.2 Å². The Hall–Kier alpha value is -4.85. The zero-order chi connectivity index (χ0) is 31.5. The third-order valence-electron chi connectivity index (χ3n) is 5.90. The highest BCUT2D eigenvalue weighted by molar-refractivity contribution is 8.00. The molecular formula is C29H17F7N2O4S. The van der Waals surface area contributed by atoms with Crippen LogP contribution in [0.5, 0.6) is 0 Å². The maximum Gasteiger partial charge on any atom is 0.422 e. The van der Waals surface area contributed by atoms with E-state index in [1.54, 1.807) is 11.4 Å². The number of rotatable bonds is 8. The number of benzene rings is 4. The molecule has 0 saturated heterocycles. The van der Waals surface area contributed by atoms with E-state index in [1.165, 1.54) is 72.8 Å². The predicted molar refractivity (Wildman–Crippen MR) is 143 cm³/mol. The normalized spacial score (nSPS) is 12.0. The molecule has 0 aromatic heterocycles. The fourth-order valence-electron chi connectivity index (χ4n) is 3.90. The standard InChI is InChI=1S/C29H17F7N2O4S/c30-20-19(29(34,35)36)21(31)23(33)24(22(20)32)38-27(40)25(14-6-2-1-3-7-14)43-16-12-10-15(11-13-16)37-26(39)17-8-4-5-9-18(17)28(41)42/h1-13,25H,(H,37,39)(H,38,40)(H,41,42). The number of halogens is 7. The third-order valence-corrected chi connectivity index (χ3v) is 7.17. The van der Waals surface area contributed by atoms with Gasteiger partial charge in [-0.25, -0.2) is 22.4 Å². The average Bonchev–Trinajstić information content (AvgIpc) is 2.97. The Morgan fingerprint density at radius 3 is 1.77 bits per heavy atom. The van der Waals surface area contributed by atoms with Crippen molar-refractivity contribution in [3.63, 3.8) is 0 Å². The number of carbonyl (C=O) groups is 3. The Balaban J connectivity index is 1.59. The summed E-state index contributed by atoms with van der Waals surface area (Å²) < 4.78 is 95.9. The lowest BCUT2D eigenvalue weighted by Crippen LogP contribution is -2.23. The fraction of sp³-hybridized carbons (Fsp3) is 0.0690. The van der Waals surface area contributed by atoms with Gasteiger partial charge in [-0.2, -0.15) is 13.2 Å². The second-order valence-corrected chi connectivity index (χ2v) is 9.91. The molecule has 43 heavy (non-hydrogen) atoms. The van der Waals surface area contributed by atoms with Crippen LogP contribution < -0.4 is 10.6 Å². The van der Waals surface area contributed by atoms with Crippen LogP contribution in [0.3, 0.4) is 0 Å². The molecule has 14 heteroatoms. The number of carbonyl (C=O) groups excluding carboxylic acids is 2. The molecule has 0 spiro atoms. The van der Waals surface area contributed by atoms with Crippen LogP contribution in [0, 0.1) is 23.3 Å². The van der Waals surface area contributed by atoms with Crippen LogP contribution in [0.1, 0.15) is 37.1 Å². The van der Waals surface area contributed by atoms with E-state index in [-0.39, 0.29) is 22.4 Å². The Bertz CT molecular complexity index is 1670. The summed E-state index contributed by atoms with van der Waals surface area (Å²) >= 11 is 0.812. The molecule has 2 amide bonds. The molecule has 0 aliphatic heterocycles. The van der Waals surface area contributed by atoms with E-state index in [0.717, 1.165) is 11.8 Å². The van der Waals surface area contributed by atoms with Crippen molar-refractivity contribution < 1.29 is 50.2 Å². The summed E-state index contributed by atoms with van der Waals surface area (Å²) in [6, 6.07) is 18.9. The van der Waals surface area contributed by atoms with E-state index < -0.39 is 63.7 Å². The number of hydrogen-bond acceptors (Lipinski definition) is 4. The average molecular weight is 623 g/mol. The Kier molecular flexibility index (Phi) is 9.09. The van der Waals surface area contributed by atoms with Gasteiger partial charge in [0.05, 0.1) is 11.1 Å². The third kappa shape index (κ3) is 6.80. The van der Waals surface area contributed by atoms with Crippen molar-refractivity contribution in [3.8, 4) is 0 Å². The topological polar surface area (TPSA) is 95.5 Å². The molecule has 1 unspecified atom stereocenters. The highest BCUT2D eigenvalue weighted by Crippen LogP contribution is 2.40. The van der Waals surface area contributed by atoms with Crippen molar-refractivity contribution in [2.24, 2.45) is 0 Å². The van der Waals surface area contributed by atoms with E-state index in [2.05, 4.69) is 5.32 Å². The molecule has 4 aromatic rings. The van der Waals surface area contributed by atoms with Gasteiger partial charge in [-0.3, -0.25) is 9.59 Å². The Labute approximate surface area is 242 Å². The minimum atomic E-state index is -5.74. The molecule has 0 aliphatic rings. The SMILES string of the molecule is O=C(O)c1ccccc1C(=O)Nc1ccc(SC(C(=O)Nc2c(F)c(F)c(C(F)(F)F)c(F)c2F)c2ccccc2)cc1. The van der Waals surface area contributed by atoms with Crippen molar-refractivity contribution >= 4 is 40.9 Å². The molecule has 1 atom stereocenters. The van der Waals surface area contributed by atoms with Crippen LogP contribution in [-0.2, 0) is 11.0 Å². The molecule has 4 aromatic carbocycles. The summed E-state index contributed by atoms with van der Waals surface area (Å²) in [6.07, 6.45) is -5.74. The van der Waals surface area contributed by atoms with Crippen LogP contribution in [0.25, 0.3) is 0 Å². The minimum absolute atomic E-state index is 0.0927. The van der Waals surface area contributed by atoms with Crippen molar-refractivity contribution in [3.05, 3.63) is 124 Å². The number of anilines is 2. The number of carboxylic acid groups (broad SMARTS) is 1. The van der Waals surface area contributed by atoms with Crippen LogP contribution >= 0.6 is 11.8 Å². The summed E-state index contributed by atoms with van der Waals surface area (Å²) in [6.45, 7) is 0. The van der Waals surface area contributed by atoms with Crippen molar-refractivity contribution in [1.82, 2.24) is 0 Å². The minimum Gasteiger partial charge on any atom is -0.478 e. The van der Waals surface area contributed by atoms with Crippen molar-refractivity contribution in [2.75, 3.05) is 10.6 Å². The smallest absolute Gasteiger partial charge is 0.422 e. The summed E-state index contributed by atoms with van der Waals surface area (Å²) in [5.41, 5.74) is -4.30. The second-order valence-electron chi connectivity index (χ2n) is 8.73. The van der Waals surface area contributed by atoms with Gasteiger partial charge in [0.1, 0.15) is 16.5 Å². The molecule has 0 aliphatic carbocycles. The van der Waals surface area contributed by atoms with E-state index in [1.807, 2.05) is 0 Å². The number of amides is 2. The zero-order valence-electron chi connectivity index (χ0n) is 21.3. The Morgan fingerprint density at radius 2 is 1.23 bits per heavy atom. The highest BCUT2D eigenvalue weighted by atomic mass is 32.2. The summed E-state index contributed by atoms with van der Waals surface area (Å²) in [5.74, 6) is -13.5. The van der Waals surface area contributed by atoms with Gasteiger partial charge < -0.3 is 15.7 Å². The Morgan fingerprint density at radius 1 is 0.698 bits per heavy atom. The van der Waals surface area contributed by atoms with E-state index in [0.29, 0.717) is 4.90 Å². The molecule has 0 saturated carbocycles. The van der Waals surface area contributed by atoms with Gasteiger partial charge >= 0.3 is 12.1 Å². The molecule has 3 N–H and O–H groups in total. The van der Waals surface area contributed by atoms with E-state index in [4.69, 9.17) is 0 Å². The number of nitrogens with one attached hydrogen (secondary N) is 2. The molecule has 4 rings (SSSR count). The molecule has 0 bridgehead atoms. The molecule has 0 radical (unpaired) electrons. The lowest BCUT2D eigenvalue weighted by atomic mass is 10.1. The number of aromatic carboxylic acids is 1. The van der Waals surface area contributed by atoms with Crippen LogP contribution in [0.4, 0.5) is 42.1 Å². The molecule has 222 valence electrons. The van der Waals surface area contributed by atoms with Crippen molar-refractivity contribution in [1.29, 1.82) is 0 Å². The van der Waals surface area contributed by atoms with Gasteiger partial charge in [0, 0.05) is 10.6 Å². The predicted octanol–water partition coefficient (Wildman–Crippen LogP) is 7.68. The van der Waals surface area contributed by atoms with Gasteiger partial charge in [0.25, 0.3) is 5.91 Å². The molecular weight excluding hydrogens is 605 g/mol. The van der Waals surface area contributed by atoms with Gasteiger partial charge in [-0.1, -0.05) is 42.5 Å².